The van der Waals surface area contributed by atoms with Gasteiger partial charge in [0.15, 0.2) is 0 Å². The van der Waals surface area contributed by atoms with Crippen molar-refractivity contribution in [3.63, 3.8) is 0 Å². The Bertz CT molecular complexity index is 1110. The van der Waals surface area contributed by atoms with E-state index in [1.54, 1.807) is 18.2 Å². The molecule has 0 bridgehead atoms. The Hall–Kier alpha value is -3.48. The molecule has 0 saturated carbocycles. The van der Waals surface area contributed by atoms with Crippen molar-refractivity contribution in [1.29, 1.82) is 0 Å². The van der Waals surface area contributed by atoms with Crippen molar-refractivity contribution in [2.45, 2.75) is 31.5 Å². The molecular formula is C27H27NO5. The van der Waals surface area contributed by atoms with Crippen LogP contribution in [-0.4, -0.2) is 41.8 Å². The Morgan fingerprint density at radius 3 is 2.30 bits per heavy atom. The SMILES string of the molecule is Cc1cc(C=O)cc(C(O)C(O)CCNC(=O)OCC2c3ccccc3-c3ccccc32)c1. The lowest BCUT2D eigenvalue weighted by Gasteiger charge is -2.19. The van der Waals surface area contributed by atoms with Crippen LogP contribution in [0.15, 0.2) is 66.7 Å². The highest BCUT2D eigenvalue weighted by Gasteiger charge is 2.29. The summed E-state index contributed by atoms with van der Waals surface area (Å²) in [5.74, 6) is -0.0242. The van der Waals surface area contributed by atoms with Crippen molar-refractivity contribution in [3.8, 4) is 11.1 Å². The zero-order chi connectivity index (χ0) is 23.4. The number of fused-ring (bicyclic) bond motifs is 3. The first kappa shape index (κ1) is 22.7. The van der Waals surface area contributed by atoms with Crippen LogP contribution in [0, 0.1) is 6.92 Å². The predicted octanol–water partition coefficient (Wildman–Crippen LogP) is 4.13. The largest absolute Gasteiger partial charge is 0.449 e. The topological polar surface area (TPSA) is 95.9 Å². The molecule has 1 aliphatic carbocycles. The van der Waals surface area contributed by atoms with Gasteiger partial charge in [-0.2, -0.15) is 0 Å². The molecule has 0 aliphatic heterocycles. The first-order valence-corrected chi connectivity index (χ1v) is 11.0. The molecule has 0 heterocycles. The average molecular weight is 446 g/mol. The Balaban J connectivity index is 1.29. The van der Waals surface area contributed by atoms with Crippen molar-refractivity contribution in [2.24, 2.45) is 0 Å². The van der Waals surface area contributed by atoms with Crippen LogP contribution in [0.5, 0.6) is 0 Å². The number of hydrogen-bond acceptors (Lipinski definition) is 5. The lowest BCUT2D eigenvalue weighted by molar-refractivity contribution is 0.0136. The predicted molar refractivity (Wildman–Crippen MR) is 125 cm³/mol. The van der Waals surface area contributed by atoms with Crippen LogP contribution in [0.2, 0.25) is 0 Å². The monoisotopic (exact) mass is 445 g/mol. The number of benzene rings is 3. The molecule has 6 nitrogen and oxygen atoms in total. The quantitative estimate of drug-likeness (QED) is 0.453. The summed E-state index contributed by atoms with van der Waals surface area (Å²) in [5.41, 5.74) is 6.31. The van der Waals surface area contributed by atoms with Crippen LogP contribution in [0.1, 0.15) is 51.1 Å². The zero-order valence-corrected chi connectivity index (χ0v) is 18.4. The fourth-order valence-corrected chi connectivity index (χ4v) is 4.43. The molecule has 1 aliphatic rings. The number of hydrogen-bond donors (Lipinski definition) is 3. The smallest absolute Gasteiger partial charge is 0.407 e. The van der Waals surface area contributed by atoms with E-state index in [0.29, 0.717) is 17.4 Å². The van der Waals surface area contributed by atoms with Gasteiger partial charge in [-0.3, -0.25) is 4.79 Å². The van der Waals surface area contributed by atoms with E-state index < -0.39 is 18.3 Å². The van der Waals surface area contributed by atoms with Gasteiger partial charge in [0.25, 0.3) is 0 Å². The maximum absolute atomic E-state index is 12.3. The lowest BCUT2D eigenvalue weighted by Crippen LogP contribution is -2.30. The van der Waals surface area contributed by atoms with E-state index in [-0.39, 0.29) is 25.5 Å². The van der Waals surface area contributed by atoms with Crippen molar-refractivity contribution in [3.05, 3.63) is 94.5 Å². The second-order valence-electron chi connectivity index (χ2n) is 8.35. The van der Waals surface area contributed by atoms with E-state index in [1.165, 1.54) is 0 Å². The van der Waals surface area contributed by atoms with E-state index in [4.69, 9.17) is 4.74 Å². The molecule has 2 atom stereocenters. The minimum absolute atomic E-state index is 0.0242. The molecule has 1 amide bonds. The van der Waals surface area contributed by atoms with E-state index in [9.17, 15) is 19.8 Å². The normalized spacial score (nSPS) is 14.2. The lowest BCUT2D eigenvalue weighted by atomic mass is 9.98. The molecule has 4 rings (SSSR count). The molecule has 3 aromatic rings. The van der Waals surface area contributed by atoms with Gasteiger partial charge in [-0.05, 0) is 53.3 Å². The highest BCUT2D eigenvalue weighted by Crippen LogP contribution is 2.44. The summed E-state index contributed by atoms with van der Waals surface area (Å²) in [6.45, 7) is 2.17. The number of carbonyl (C=O) groups is 2. The van der Waals surface area contributed by atoms with Gasteiger partial charge in [-0.25, -0.2) is 4.79 Å². The first-order chi connectivity index (χ1) is 16.0. The number of amides is 1. The summed E-state index contributed by atoms with van der Waals surface area (Å²) in [6.07, 6.45) is -1.99. The van der Waals surface area contributed by atoms with Gasteiger partial charge in [0, 0.05) is 18.0 Å². The summed E-state index contributed by atoms with van der Waals surface area (Å²) in [6, 6.07) is 21.2. The Kier molecular flexibility index (Phi) is 6.87. The Morgan fingerprint density at radius 1 is 1.03 bits per heavy atom. The summed E-state index contributed by atoms with van der Waals surface area (Å²) in [4.78, 5) is 23.3. The second kappa shape index (κ2) is 9.98. The Morgan fingerprint density at radius 2 is 1.67 bits per heavy atom. The third kappa shape index (κ3) is 4.97. The highest BCUT2D eigenvalue weighted by atomic mass is 16.5. The molecule has 6 heteroatoms. The third-order valence-corrected chi connectivity index (χ3v) is 6.02. The molecule has 3 N–H and O–H groups in total. The van der Waals surface area contributed by atoms with Gasteiger partial charge in [-0.15, -0.1) is 0 Å². The number of carbonyl (C=O) groups excluding carboxylic acids is 2. The summed E-state index contributed by atoms with van der Waals surface area (Å²) in [7, 11) is 0. The van der Waals surface area contributed by atoms with Gasteiger partial charge in [0.2, 0.25) is 0 Å². The number of aldehydes is 1. The zero-order valence-electron chi connectivity index (χ0n) is 18.4. The maximum atomic E-state index is 12.3. The number of rotatable bonds is 8. The van der Waals surface area contributed by atoms with Crippen LogP contribution in [0.4, 0.5) is 4.79 Å². The molecule has 0 spiro atoms. The Labute approximate surface area is 192 Å². The number of aliphatic hydroxyl groups excluding tert-OH is 2. The van der Waals surface area contributed by atoms with Crippen molar-refractivity contribution in [2.75, 3.05) is 13.2 Å². The number of ether oxygens (including phenoxy) is 1. The molecule has 3 aromatic carbocycles. The van der Waals surface area contributed by atoms with Gasteiger partial charge in [-0.1, -0.05) is 60.2 Å². The van der Waals surface area contributed by atoms with Crippen molar-refractivity contribution in [1.82, 2.24) is 5.32 Å². The minimum Gasteiger partial charge on any atom is -0.449 e. The maximum Gasteiger partial charge on any atom is 0.407 e. The fourth-order valence-electron chi connectivity index (χ4n) is 4.43. The molecule has 2 unspecified atom stereocenters. The second-order valence-corrected chi connectivity index (χ2v) is 8.35. The van der Waals surface area contributed by atoms with Crippen LogP contribution in [-0.2, 0) is 4.74 Å². The molecule has 0 saturated heterocycles. The number of aliphatic hydroxyl groups is 2. The van der Waals surface area contributed by atoms with Crippen molar-refractivity contribution < 1.29 is 24.5 Å². The molecule has 0 aromatic heterocycles. The number of nitrogens with one attached hydrogen (secondary N) is 1. The summed E-state index contributed by atoms with van der Waals surface area (Å²) in [5, 5.41) is 23.4. The van der Waals surface area contributed by atoms with Crippen LogP contribution in [0.3, 0.4) is 0 Å². The van der Waals surface area contributed by atoms with Gasteiger partial charge >= 0.3 is 6.09 Å². The summed E-state index contributed by atoms with van der Waals surface area (Å²) < 4.78 is 5.48. The number of aryl methyl sites for hydroxylation is 1. The fraction of sp³-hybridized carbons (Fsp3) is 0.259. The summed E-state index contributed by atoms with van der Waals surface area (Å²) >= 11 is 0. The van der Waals surface area contributed by atoms with Gasteiger partial charge in [0.05, 0.1) is 6.10 Å². The standard InChI is InChI=1S/C27H27NO5/c1-17-12-18(15-29)14-19(13-17)26(31)25(30)10-11-28-27(32)33-16-24-22-8-4-2-6-20(22)21-7-3-5-9-23(21)24/h2-9,12-15,24-26,30-31H,10-11,16H2,1H3,(H,28,32). The number of alkyl carbamates (subject to hydrolysis) is 1. The van der Waals surface area contributed by atoms with Crippen molar-refractivity contribution >= 4 is 12.4 Å². The molecule has 0 radical (unpaired) electrons. The molecule has 33 heavy (non-hydrogen) atoms. The van der Waals surface area contributed by atoms with Crippen LogP contribution < -0.4 is 5.32 Å². The molecule has 170 valence electrons. The van der Waals surface area contributed by atoms with Crippen LogP contribution >= 0.6 is 0 Å². The minimum atomic E-state index is -1.16. The first-order valence-electron chi connectivity index (χ1n) is 11.0. The molecular weight excluding hydrogens is 418 g/mol. The van der Waals surface area contributed by atoms with Gasteiger partial charge < -0.3 is 20.3 Å². The average Bonchev–Trinajstić information content (AvgIpc) is 3.15. The third-order valence-electron chi connectivity index (χ3n) is 6.02. The van der Waals surface area contributed by atoms with Crippen LogP contribution in [0.25, 0.3) is 11.1 Å². The van der Waals surface area contributed by atoms with E-state index in [0.717, 1.165) is 27.8 Å². The van der Waals surface area contributed by atoms with E-state index >= 15 is 0 Å². The molecule has 0 fully saturated rings. The van der Waals surface area contributed by atoms with Gasteiger partial charge in [0.1, 0.15) is 19.0 Å². The van der Waals surface area contributed by atoms with E-state index in [1.807, 2.05) is 31.2 Å². The highest BCUT2D eigenvalue weighted by molar-refractivity contribution is 5.79. The van der Waals surface area contributed by atoms with E-state index in [2.05, 4.69) is 29.6 Å².